The summed E-state index contributed by atoms with van der Waals surface area (Å²) in [6.45, 7) is 0. The second-order valence-corrected chi connectivity index (χ2v) is 5.59. The third-order valence-electron chi connectivity index (χ3n) is 4.60. The summed E-state index contributed by atoms with van der Waals surface area (Å²) >= 11 is 0. The molecule has 100 valence electrons. The fourth-order valence-corrected chi connectivity index (χ4v) is 3.76. The molecule has 2 aromatic rings. The van der Waals surface area contributed by atoms with E-state index in [9.17, 15) is 0 Å². The lowest BCUT2D eigenvalue weighted by molar-refractivity contribution is 0.397. The van der Waals surface area contributed by atoms with Gasteiger partial charge in [0.2, 0.25) is 0 Å². The maximum atomic E-state index is 5.65. The number of hydrogen-bond donors (Lipinski definition) is 0. The minimum absolute atomic E-state index is 0.0865. The van der Waals surface area contributed by atoms with E-state index in [2.05, 4.69) is 53.7 Å². The van der Waals surface area contributed by atoms with Gasteiger partial charge in [-0.05, 0) is 42.5 Å². The summed E-state index contributed by atoms with van der Waals surface area (Å²) in [5, 5.41) is 0. The highest BCUT2D eigenvalue weighted by molar-refractivity contribution is 5.91. The van der Waals surface area contributed by atoms with E-state index >= 15 is 0 Å². The molecule has 0 N–H and O–H groups in total. The van der Waals surface area contributed by atoms with E-state index in [1.807, 2.05) is 0 Å². The maximum absolute atomic E-state index is 5.65. The third-order valence-corrected chi connectivity index (χ3v) is 4.60. The van der Waals surface area contributed by atoms with Crippen LogP contribution in [0.4, 0.5) is 5.69 Å². The Bertz CT molecular complexity index is 690. The summed E-state index contributed by atoms with van der Waals surface area (Å²) in [5.41, 5.74) is 5.06. The highest BCUT2D eigenvalue weighted by atomic mass is 16.5. The van der Waals surface area contributed by atoms with Gasteiger partial charge in [0.05, 0.1) is 18.2 Å². The van der Waals surface area contributed by atoms with Gasteiger partial charge in [-0.3, -0.25) is 4.99 Å². The van der Waals surface area contributed by atoms with Crippen LogP contribution in [0, 0.1) is 0 Å². The minimum Gasteiger partial charge on any atom is -0.496 e. The number of benzene rings is 2. The first-order valence-corrected chi connectivity index (χ1v) is 7.16. The van der Waals surface area contributed by atoms with Crippen molar-refractivity contribution >= 4 is 11.9 Å². The standard InChI is InChI=1S/C18H17NO/c1-20-16-10-4-6-13-7-5-11-18(17(13)16)12-19-15-9-3-2-8-14(15)18/h2-4,6,8-10,12H,5,7,11H2,1H3. The van der Waals surface area contributed by atoms with E-state index in [4.69, 9.17) is 4.74 Å². The Hall–Kier alpha value is -2.09. The van der Waals surface area contributed by atoms with E-state index in [-0.39, 0.29) is 5.41 Å². The molecule has 0 bridgehead atoms. The van der Waals surface area contributed by atoms with Crippen LogP contribution in [0.15, 0.2) is 47.5 Å². The van der Waals surface area contributed by atoms with Gasteiger partial charge >= 0.3 is 0 Å². The zero-order valence-electron chi connectivity index (χ0n) is 11.6. The summed E-state index contributed by atoms with van der Waals surface area (Å²) in [6, 6.07) is 14.9. The predicted molar refractivity (Wildman–Crippen MR) is 81.3 cm³/mol. The number of fused-ring (bicyclic) bond motifs is 4. The van der Waals surface area contributed by atoms with Gasteiger partial charge in [-0.15, -0.1) is 0 Å². The molecule has 4 rings (SSSR count). The van der Waals surface area contributed by atoms with Crippen LogP contribution in [0.25, 0.3) is 0 Å². The SMILES string of the molecule is COc1cccc2c1C1(C=Nc3ccccc31)CCC2. The normalized spacial score (nSPS) is 22.6. The molecule has 1 heterocycles. The molecule has 0 aromatic heterocycles. The van der Waals surface area contributed by atoms with E-state index in [1.54, 1.807) is 7.11 Å². The lowest BCUT2D eigenvalue weighted by Gasteiger charge is -2.35. The van der Waals surface area contributed by atoms with Gasteiger partial charge < -0.3 is 4.74 Å². The van der Waals surface area contributed by atoms with Crippen molar-refractivity contribution in [3.8, 4) is 5.75 Å². The maximum Gasteiger partial charge on any atom is 0.123 e. The van der Waals surface area contributed by atoms with Gasteiger partial charge in [0.25, 0.3) is 0 Å². The zero-order valence-corrected chi connectivity index (χ0v) is 11.6. The molecule has 1 atom stereocenters. The molecule has 0 saturated carbocycles. The number of ether oxygens (including phenoxy) is 1. The number of rotatable bonds is 1. The average molecular weight is 263 g/mol. The van der Waals surface area contributed by atoms with Crippen molar-refractivity contribution in [1.82, 2.24) is 0 Å². The number of nitrogens with zero attached hydrogens (tertiary/aromatic N) is 1. The molecule has 1 spiro atoms. The Morgan fingerprint density at radius 1 is 1.10 bits per heavy atom. The van der Waals surface area contributed by atoms with Gasteiger partial charge in [0.1, 0.15) is 5.75 Å². The topological polar surface area (TPSA) is 21.6 Å². The molecule has 2 aromatic carbocycles. The van der Waals surface area contributed by atoms with Crippen LogP contribution in [0.2, 0.25) is 0 Å². The Kier molecular flexibility index (Phi) is 2.46. The van der Waals surface area contributed by atoms with Gasteiger partial charge in [-0.2, -0.15) is 0 Å². The quantitative estimate of drug-likeness (QED) is 0.761. The number of aliphatic imine (C=N–C) groups is 1. The zero-order chi connectivity index (χ0) is 13.6. The monoisotopic (exact) mass is 263 g/mol. The summed E-state index contributed by atoms with van der Waals surface area (Å²) in [7, 11) is 1.76. The highest BCUT2D eigenvalue weighted by Gasteiger charge is 2.43. The first-order chi connectivity index (χ1) is 9.85. The summed E-state index contributed by atoms with van der Waals surface area (Å²) in [6.07, 6.45) is 5.57. The molecule has 1 aliphatic carbocycles. The van der Waals surface area contributed by atoms with Crippen molar-refractivity contribution in [1.29, 1.82) is 0 Å². The molecular weight excluding hydrogens is 246 g/mol. The minimum atomic E-state index is -0.0865. The lowest BCUT2D eigenvalue weighted by atomic mass is 9.67. The Morgan fingerprint density at radius 2 is 2.00 bits per heavy atom. The summed E-state index contributed by atoms with van der Waals surface area (Å²) in [5.74, 6) is 0.991. The smallest absolute Gasteiger partial charge is 0.123 e. The molecule has 20 heavy (non-hydrogen) atoms. The van der Waals surface area contributed by atoms with E-state index in [0.29, 0.717) is 0 Å². The van der Waals surface area contributed by atoms with Gasteiger partial charge in [-0.25, -0.2) is 0 Å². The number of para-hydroxylation sites is 1. The van der Waals surface area contributed by atoms with Crippen molar-refractivity contribution in [2.45, 2.75) is 24.7 Å². The predicted octanol–water partition coefficient (Wildman–Crippen LogP) is 4.03. The number of hydrogen-bond acceptors (Lipinski definition) is 2. The van der Waals surface area contributed by atoms with Crippen LogP contribution in [0.3, 0.4) is 0 Å². The molecule has 1 aliphatic heterocycles. The Morgan fingerprint density at radius 3 is 2.90 bits per heavy atom. The molecule has 0 fully saturated rings. The third kappa shape index (κ3) is 1.42. The van der Waals surface area contributed by atoms with E-state index in [1.165, 1.54) is 23.1 Å². The van der Waals surface area contributed by atoms with E-state index in [0.717, 1.165) is 24.3 Å². The Labute approximate surface area is 119 Å². The summed E-state index contributed by atoms with van der Waals surface area (Å²) < 4.78 is 5.65. The van der Waals surface area contributed by atoms with Crippen LogP contribution in [-0.4, -0.2) is 13.3 Å². The second-order valence-electron chi connectivity index (χ2n) is 5.59. The van der Waals surface area contributed by atoms with Crippen molar-refractivity contribution in [3.05, 3.63) is 59.2 Å². The van der Waals surface area contributed by atoms with Gasteiger partial charge in [0.15, 0.2) is 0 Å². The first kappa shape index (κ1) is 11.7. The first-order valence-electron chi connectivity index (χ1n) is 7.16. The fourth-order valence-electron chi connectivity index (χ4n) is 3.76. The molecule has 0 saturated heterocycles. The lowest BCUT2D eigenvalue weighted by Crippen LogP contribution is -2.32. The molecule has 2 aliphatic rings. The van der Waals surface area contributed by atoms with Crippen LogP contribution >= 0.6 is 0 Å². The molecule has 2 heteroatoms. The van der Waals surface area contributed by atoms with Crippen molar-refractivity contribution in [2.24, 2.45) is 4.99 Å². The van der Waals surface area contributed by atoms with Crippen LogP contribution in [0.1, 0.15) is 29.5 Å². The average Bonchev–Trinajstić information content (AvgIpc) is 2.87. The molecule has 2 nitrogen and oxygen atoms in total. The molecule has 0 amide bonds. The number of methoxy groups -OCH3 is 1. The van der Waals surface area contributed by atoms with Gasteiger partial charge in [0, 0.05) is 11.8 Å². The Balaban J connectivity index is 2.02. The van der Waals surface area contributed by atoms with Crippen LogP contribution in [-0.2, 0) is 11.8 Å². The van der Waals surface area contributed by atoms with Gasteiger partial charge in [-0.1, -0.05) is 30.3 Å². The van der Waals surface area contributed by atoms with Crippen LogP contribution < -0.4 is 4.74 Å². The second kappa shape index (κ2) is 4.20. The number of aryl methyl sites for hydroxylation is 1. The molecule has 1 unspecified atom stereocenters. The van der Waals surface area contributed by atoms with Crippen LogP contribution in [0.5, 0.6) is 5.75 Å². The summed E-state index contributed by atoms with van der Waals surface area (Å²) in [4.78, 5) is 4.67. The van der Waals surface area contributed by atoms with Crippen molar-refractivity contribution < 1.29 is 4.74 Å². The largest absolute Gasteiger partial charge is 0.496 e. The fraction of sp³-hybridized carbons (Fsp3) is 0.278. The van der Waals surface area contributed by atoms with E-state index < -0.39 is 0 Å². The van der Waals surface area contributed by atoms with Crippen molar-refractivity contribution in [2.75, 3.05) is 7.11 Å². The highest BCUT2D eigenvalue weighted by Crippen LogP contribution is 2.51. The van der Waals surface area contributed by atoms with Crippen molar-refractivity contribution in [3.63, 3.8) is 0 Å². The molecule has 0 radical (unpaired) electrons. The molecular formula is C18H17NO.